The van der Waals surface area contributed by atoms with E-state index in [1.807, 2.05) is 56.4 Å². The minimum Gasteiger partial charge on any atom is -0.481 e. The summed E-state index contributed by atoms with van der Waals surface area (Å²) in [5.74, 6) is -0.0985. The van der Waals surface area contributed by atoms with Crippen molar-refractivity contribution in [1.29, 1.82) is 0 Å². The molecule has 4 aromatic rings. The Balaban J connectivity index is 0.000000492. The Labute approximate surface area is 201 Å². The Morgan fingerprint density at radius 3 is 2.26 bits per heavy atom. The quantitative estimate of drug-likeness (QED) is 0.324. The summed E-state index contributed by atoms with van der Waals surface area (Å²) >= 11 is 0. The summed E-state index contributed by atoms with van der Waals surface area (Å²) in [5, 5.41) is 10.6. The van der Waals surface area contributed by atoms with Crippen LogP contribution in [0.15, 0.2) is 71.3 Å². The van der Waals surface area contributed by atoms with Crippen molar-refractivity contribution in [2.24, 2.45) is 0 Å². The number of rotatable bonds is 4. The fourth-order valence-corrected chi connectivity index (χ4v) is 4.05. The number of nitrogens with zero attached hydrogens (tertiary/aromatic N) is 2. The van der Waals surface area contributed by atoms with Gasteiger partial charge >= 0.3 is 0 Å². The molecule has 1 saturated carbocycles. The number of hydrogen-bond acceptors (Lipinski definition) is 5. The number of aromatic nitrogens is 2. The number of nitrogens with one attached hydrogen (secondary N) is 1. The van der Waals surface area contributed by atoms with Gasteiger partial charge in [-0.3, -0.25) is 9.78 Å². The molecule has 178 valence electrons. The number of pyridine rings is 1. The largest absolute Gasteiger partial charge is 0.481 e. The molecule has 0 radical (unpaired) electrons. The number of carboxylic acid groups (broad SMARTS) is 1. The average molecular weight is 460 g/mol. The minimum absolute atomic E-state index is 0.479. The van der Waals surface area contributed by atoms with Gasteiger partial charge in [0.15, 0.2) is 5.58 Å². The molecule has 2 aromatic heterocycles. The fourth-order valence-electron chi connectivity index (χ4n) is 4.05. The number of anilines is 2. The zero-order valence-electron chi connectivity index (χ0n) is 20.1. The van der Waals surface area contributed by atoms with Crippen LogP contribution in [0.4, 0.5) is 11.7 Å². The van der Waals surface area contributed by atoms with Crippen LogP contribution in [0.5, 0.6) is 0 Å². The van der Waals surface area contributed by atoms with Gasteiger partial charge in [-0.05, 0) is 48.6 Å². The second-order valence-electron chi connectivity index (χ2n) is 8.02. The zero-order chi connectivity index (χ0) is 24.3. The van der Waals surface area contributed by atoms with Gasteiger partial charge in [-0.25, -0.2) is 0 Å². The predicted molar refractivity (Wildman–Crippen MR) is 137 cm³/mol. The first kappa shape index (κ1) is 25.0. The summed E-state index contributed by atoms with van der Waals surface area (Å²) in [5.41, 5.74) is 6.05. The van der Waals surface area contributed by atoms with Gasteiger partial charge in [0.2, 0.25) is 0 Å². The van der Waals surface area contributed by atoms with Crippen molar-refractivity contribution in [2.45, 2.75) is 58.8 Å². The molecular weight excluding hydrogens is 426 g/mol. The highest BCUT2D eigenvalue weighted by Gasteiger charge is 2.15. The van der Waals surface area contributed by atoms with Gasteiger partial charge in [-0.2, -0.15) is 4.98 Å². The molecule has 1 aliphatic carbocycles. The minimum atomic E-state index is -0.833. The molecule has 0 unspecified atom stereocenters. The van der Waals surface area contributed by atoms with Crippen LogP contribution in [-0.4, -0.2) is 21.0 Å². The van der Waals surface area contributed by atoms with Gasteiger partial charge < -0.3 is 14.8 Å². The Hall–Kier alpha value is -3.67. The highest BCUT2D eigenvalue weighted by molar-refractivity contribution is 5.75. The van der Waals surface area contributed by atoms with Crippen LogP contribution in [0.2, 0.25) is 0 Å². The van der Waals surface area contributed by atoms with Gasteiger partial charge in [0.25, 0.3) is 12.0 Å². The number of oxazole rings is 1. The molecule has 34 heavy (non-hydrogen) atoms. The van der Waals surface area contributed by atoms with E-state index < -0.39 is 5.97 Å². The van der Waals surface area contributed by atoms with Crippen LogP contribution in [0.3, 0.4) is 0 Å². The van der Waals surface area contributed by atoms with Gasteiger partial charge in [-0.1, -0.05) is 69.5 Å². The maximum absolute atomic E-state index is 9.00. The summed E-state index contributed by atoms with van der Waals surface area (Å²) in [6.45, 7) is 5.08. The number of benzene rings is 2. The second kappa shape index (κ2) is 12.5. The molecule has 5 rings (SSSR count). The summed E-state index contributed by atoms with van der Waals surface area (Å²) in [6.07, 6.45) is 8.59. The smallest absolute Gasteiger partial charge is 0.300 e. The summed E-state index contributed by atoms with van der Waals surface area (Å²) in [4.78, 5) is 18.0. The first-order valence-electron chi connectivity index (χ1n) is 12.0. The molecular formula is C28H33N3O3. The average Bonchev–Trinajstić information content (AvgIpc) is 3.28. The van der Waals surface area contributed by atoms with E-state index >= 15 is 0 Å². The molecule has 2 heterocycles. The van der Waals surface area contributed by atoms with Crippen LogP contribution >= 0.6 is 0 Å². The lowest BCUT2D eigenvalue weighted by Crippen LogP contribution is -2.04. The Kier molecular flexibility index (Phi) is 9.21. The lowest BCUT2D eigenvalue weighted by Gasteiger charge is -2.22. The molecule has 1 fully saturated rings. The number of para-hydroxylation sites is 2. The van der Waals surface area contributed by atoms with Gasteiger partial charge in [-0.15, -0.1) is 0 Å². The standard InChI is InChI=1S/C24H23N3O.C2H4O2.C2H6/c1-2-6-17(7-3-1)18-10-12-19(13-11-18)21-15-14-20(16-25-21)26-24-27-22-8-4-5-9-23(22)28-24;1-2(3)4;1-2/h4-5,8-17H,1-3,6-7H2,(H,26,27);1H3,(H,3,4);1-2H3. The van der Waals surface area contributed by atoms with Crippen LogP contribution in [0.1, 0.15) is 64.4 Å². The Bertz CT molecular complexity index is 1120. The van der Waals surface area contributed by atoms with Gasteiger partial charge in [0.05, 0.1) is 17.6 Å². The molecule has 2 N–H and O–H groups in total. The Morgan fingerprint density at radius 2 is 1.65 bits per heavy atom. The SMILES string of the molecule is CC.CC(=O)O.c1ccc2oc(Nc3ccc(-c4ccc(C5CCCCC5)cc4)nc3)nc2c1. The number of carbonyl (C=O) groups is 1. The molecule has 0 saturated heterocycles. The van der Waals surface area contributed by atoms with E-state index in [1.165, 1.54) is 37.7 Å². The van der Waals surface area contributed by atoms with E-state index in [4.69, 9.17) is 14.3 Å². The van der Waals surface area contributed by atoms with Crippen molar-refractivity contribution < 1.29 is 14.3 Å². The highest BCUT2D eigenvalue weighted by Crippen LogP contribution is 2.33. The topological polar surface area (TPSA) is 88.2 Å². The van der Waals surface area contributed by atoms with Crippen LogP contribution < -0.4 is 5.32 Å². The van der Waals surface area contributed by atoms with Crippen LogP contribution in [0, 0.1) is 0 Å². The molecule has 2 aromatic carbocycles. The first-order valence-corrected chi connectivity index (χ1v) is 12.0. The van der Waals surface area contributed by atoms with E-state index in [0.29, 0.717) is 6.01 Å². The Morgan fingerprint density at radius 1 is 0.971 bits per heavy atom. The maximum Gasteiger partial charge on any atom is 0.300 e. The number of aliphatic carboxylic acids is 1. The van der Waals surface area contributed by atoms with E-state index in [1.54, 1.807) is 0 Å². The molecule has 1 aliphatic rings. The predicted octanol–water partition coefficient (Wildman–Crippen LogP) is 7.80. The van der Waals surface area contributed by atoms with Crippen molar-refractivity contribution in [3.8, 4) is 11.3 Å². The maximum atomic E-state index is 9.00. The number of fused-ring (bicyclic) bond motifs is 1. The van der Waals surface area contributed by atoms with Crippen LogP contribution in [0.25, 0.3) is 22.4 Å². The normalized spacial score (nSPS) is 13.3. The van der Waals surface area contributed by atoms with Gasteiger partial charge in [0.1, 0.15) is 5.52 Å². The monoisotopic (exact) mass is 459 g/mol. The molecule has 6 heteroatoms. The molecule has 6 nitrogen and oxygen atoms in total. The van der Waals surface area contributed by atoms with Crippen molar-refractivity contribution >= 4 is 28.8 Å². The number of hydrogen-bond donors (Lipinski definition) is 2. The summed E-state index contributed by atoms with van der Waals surface area (Å²) < 4.78 is 5.71. The van der Waals surface area contributed by atoms with E-state index in [9.17, 15) is 0 Å². The van der Waals surface area contributed by atoms with Crippen molar-refractivity contribution in [2.75, 3.05) is 5.32 Å². The third-order valence-electron chi connectivity index (χ3n) is 5.59. The summed E-state index contributed by atoms with van der Waals surface area (Å²) in [7, 11) is 0. The van der Waals surface area contributed by atoms with Crippen molar-refractivity contribution in [3.05, 3.63) is 72.4 Å². The van der Waals surface area contributed by atoms with Crippen LogP contribution in [-0.2, 0) is 4.79 Å². The van der Waals surface area contributed by atoms with E-state index in [2.05, 4.69) is 39.6 Å². The zero-order valence-corrected chi connectivity index (χ0v) is 20.1. The highest BCUT2D eigenvalue weighted by atomic mass is 16.4. The molecule has 0 amide bonds. The fraction of sp³-hybridized carbons (Fsp3) is 0.321. The van der Waals surface area contributed by atoms with Crippen molar-refractivity contribution in [1.82, 2.24) is 9.97 Å². The molecule has 0 atom stereocenters. The summed E-state index contributed by atoms with van der Waals surface area (Å²) in [6, 6.07) is 21.2. The number of carboxylic acids is 1. The first-order chi connectivity index (χ1) is 16.6. The molecule has 0 bridgehead atoms. The lowest BCUT2D eigenvalue weighted by molar-refractivity contribution is -0.134. The van der Waals surface area contributed by atoms with E-state index in [0.717, 1.165) is 40.9 Å². The van der Waals surface area contributed by atoms with E-state index in [-0.39, 0.29) is 0 Å². The lowest BCUT2D eigenvalue weighted by atomic mass is 9.84. The second-order valence-corrected chi connectivity index (χ2v) is 8.02. The molecule has 0 aliphatic heterocycles. The third-order valence-corrected chi connectivity index (χ3v) is 5.59. The molecule has 0 spiro atoms. The van der Waals surface area contributed by atoms with Gasteiger partial charge in [0, 0.05) is 12.5 Å². The third kappa shape index (κ3) is 6.91. The van der Waals surface area contributed by atoms with Crippen molar-refractivity contribution in [3.63, 3.8) is 0 Å².